The summed E-state index contributed by atoms with van der Waals surface area (Å²) in [5, 5.41) is 33.4. The lowest BCUT2D eigenvalue weighted by Crippen LogP contribution is -2.52. The lowest BCUT2D eigenvalue weighted by Gasteiger charge is -2.36. The van der Waals surface area contributed by atoms with Crippen molar-refractivity contribution in [3.8, 4) is 11.5 Å². The summed E-state index contributed by atoms with van der Waals surface area (Å²) >= 11 is 0. The van der Waals surface area contributed by atoms with E-state index in [1.54, 1.807) is 13.8 Å². The highest BCUT2D eigenvalue weighted by molar-refractivity contribution is 7.89. The third-order valence-electron chi connectivity index (χ3n) is 8.99. The van der Waals surface area contributed by atoms with E-state index < -0.39 is 58.7 Å². The number of aliphatic hydroxyl groups excluding tert-OH is 2. The topological polar surface area (TPSA) is 194 Å². The number of hydrogen-bond acceptors (Lipinski definition) is 11. The van der Waals surface area contributed by atoms with Crippen molar-refractivity contribution in [2.45, 2.75) is 62.5 Å². The maximum absolute atomic E-state index is 14.3. The van der Waals surface area contributed by atoms with Crippen LogP contribution in [0.3, 0.4) is 0 Å². The van der Waals surface area contributed by atoms with Crippen LogP contribution in [-0.4, -0.2) is 122 Å². The Labute approximate surface area is 285 Å². The molecular weight excluding hydrogens is 662 g/mol. The minimum Gasteiger partial charge on any atom is -0.465 e. The number of rotatable bonds is 16. The first kappa shape index (κ1) is 36.6. The molecule has 2 saturated heterocycles. The number of amides is 2. The highest BCUT2D eigenvalue weighted by atomic mass is 32.2. The molecule has 3 aliphatic heterocycles. The van der Waals surface area contributed by atoms with Crippen LogP contribution < -0.4 is 14.8 Å². The Hall–Kier alpha value is -3.67. The molecule has 0 spiro atoms. The molecule has 0 radical (unpaired) electrons. The molecule has 5 rings (SSSR count). The van der Waals surface area contributed by atoms with Crippen molar-refractivity contribution in [3.63, 3.8) is 0 Å². The van der Waals surface area contributed by atoms with E-state index >= 15 is 0 Å². The molecule has 16 heteroatoms. The van der Waals surface area contributed by atoms with Crippen LogP contribution >= 0.6 is 0 Å². The number of alkyl carbamates (subject to hydrolysis) is 1. The Balaban J connectivity index is 1.38. The van der Waals surface area contributed by atoms with Gasteiger partial charge in [0.1, 0.15) is 6.10 Å². The van der Waals surface area contributed by atoms with Gasteiger partial charge in [-0.25, -0.2) is 18.0 Å². The molecule has 270 valence electrons. The van der Waals surface area contributed by atoms with E-state index in [1.807, 2.05) is 30.3 Å². The quantitative estimate of drug-likeness (QED) is 0.199. The molecule has 3 aliphatic rings. The number of nitrogens with one attached hydrogen (secondary N) is 1. The molecule has 2 aromatic rings. The van der Waals surface area contributed by atoms with Crippen molar-refractivity contribution in [2.24, 2.45) is 11.3 Å². The molecular formula is C33H45N3O12S. The van der Waals surface area contributed by atoms with Gasteiger partial charge in [-0.1, -0.05) is 44.2 Å². The van der Waals surface area contributed by atoms with Gasteiger partial charge in [-0.05, 0) is 42.4 Å². The summed E-state index contributed by atoms with van der Waals surface area (Å²) in [5.74, 6) is 0.568. The lowest BCUT2D eigenvalue weighted by molar-refractivity contribution is -0.0907. The fourth-order valence-corrected chi connectivity index (χ4v) is 7.87. The third-order valence-corrected chi connectivity index (χ3v) is 10.8. The van der Waals surface area contributed by atoms with E-state index in [-0.39, 0.29) is 69.0 Å². The van der Waals surface area contributed by atoms with Crippen molar-refractivity contribution in [3.05, 3.63) is 54.1 Å². The molecule has 2 amide bonds. The largest absolute Gasteiger partial charge is 0.465 e. The van der Waals surface area contributed by atoms with Crippen molar-refractivity contribution in [1.29, 1.82) is 0 Å². The first-order chi connectivity index (χ1) is 23.4. The number of hydrogen-bond donors (Lipinski definition) is 4. The van der Waals surface area contributed by atoms with Crippen LogP contribution in [0.4, 0.5) is 9.59 Å². The van der Waals surface area contributed by atoms with E-state index in [1.165, 1.54) is 18.2 Å². The van der Waals surface area contributed by atoms with Crippen LogP contribution in [0.15, 0.2) is 53.4 Å². The van der Waals surface area contributed by atoms with E-state index in [0.717, 1.165) is 14.8 Å². The number of ether oxygens (including phenoxy) is 5. The van der Waals surface area contributed by atoms with Gasteiger partial charge in [0.05, 0.1) is 42.8 Å². The summed E-state index contributed by atoms with van der Waals surface area (Å²) in [6.07, 6.45) is -3.23. The summed E-state index contributed by atoms with van der Waals surface area (Å²) < 4.78 is 57.3. The van der Waals surface area contributed by atoms with Crippen molar-refractivity contribution in [2.75, 3.05) is 52.8 Å². The van der Waals surface area contributed by atoms with Gasteiger partial charge in [0.15, 0.2) is 17.8 Å². The van der Waals surface area contributed by atoms with Crippen LogP contribution in [0.1, 0.15) is 32.3 Å². The van der Waals surface area contributed by atoms with Crippen molar-refractivity contribution in [1.82, 2.24) is 14.5 Å². The zero-order chi connectivity index (χ0) is 35.2. The zero-order valence-corrected chi connectivity index (χ0v) is 28.4. The summed E-state index contributed by atoms with van der Waals surface area (Å²) in [4.78, 5) is 25.9. The van der Waals surface area contributed by atoms with Gasteiger partial charge in [0.25, 0.3) is 0 Å². The molecule has 2 fully saturated rings. The minimum atomic E-state index is -4.29. The normalized spacial score (nSPS) is 21.3. The maximum Gasteiger partial charge on any atom is 0.407 e. The fourth-order valence-electron chi connectivity index (χ4n) is 6.21. The predicted molar refractivity (Wildman–Crippen MR) is 174 cm³/mol. The summed E-state index contributed by atoms with van der Waals surface area (Å²) in [6.45, 7) is 3.30. The highest BCUT2D eigenvalue weighted by Gasteiger charge is 2.44. The second-order valence-corrected chi connectivity index (χ2v) is 15.1. The van der Waals surface area contributed by atoms with Crippen LogP contribution in [0.25, 0.3) is 0 Å². The second-order valence-electron chi connectivity index (χ2n) is 13.2. The average molecular weight is 708 g/mol. The molecule has 0 unspecified atom stereocenters. The molecule has 5 atom stereocenters. The number of carbonyl (C=O) groups excluding carboxylic acids is 1. The average Bonchev–Trinajstić information content (AvgIpc) is 3.81. The van der Waals surface area contributed by atoms with Crippen molar-refractivity contribution >= 4 is 22.2 Å². The molecule has 0 aliphatic carbocycles. The molecule has 15 nitrogen and oxygen atoms in total. The number of aliphatic hydroxyl groups is 2. The maximum atomic E-state index is 14.3. The molecule has 3 heterocycles. The third kappa shape index (κ3) is 9.32. The van der Waals surface area contributed by atoms with Crippen LogP contribution in [-0.2, 0) is 30.7 Å². The summed E-state index contributed by atoms with van der Waals surface area (Å²) in [7, 11) is -4.29. The lowest BCUT2D eigenvalue weighted by atomic mass is 9.89. The van der Waals surface area contributed by atoms with Gasteiger partial charge in [-0.15, -0.1) is 0 Å². The Morgan fingerprint density at radius 2 is 1.84 bits per heavy atom. The van der Waals surface area contributed by atoms with Crippen LogP contribution in [0, 0.1) is 11.3 Å². The SMILES string of the molecule is CC(C)(CCN(CCO)C(=O)O)CN(C[C@@H](O)[C@H](Cc1ccccc1)NC(=O)O[C@H]1CO[C@H]2OCC[C@H]21)S(=O)(=O)c1ccc2c(c1)OCO2. The van der Waals surface area contributed by atoms with Gasteiger partial charge in [0.2, 0.25) is 16.8 Å². The molecule has 49 heavy (non-hydrogen) atoms. The number of carboxylic acid groups (broad SMARTS) is 1. The summed E-state index contributed by atoms with van der Waals surface area (Å²) in [6, 6.07) is 12.4. The summed E-state index contributed by atoms with van der Waals surface area (Å²) in [5.41, 5.74) is -0.000827. The van der Waals surface area contributed by atoms with Gasteiger partial charge >= 0.3 is 12.2 Å². The fraction of sp³-hybridized carbons (Fsp3) is 0.576. The Bertz CT molecular complexity index is 1540. The van der Waals surface area contributed by atoms with Crippen molar-refractivity contribution < 1.29 is 57.0 Å². The number of benzene rings is 2. The number of fused-ring (bicyclic) bond motifs is 2. The van der Waals surface area contributed by atoms with Crippen LogP contribution in [0.2, 0.25) is 0 Å². The molecule has 2 aromatic carbocycles. The first-order valence-electron chi connectivity index (χ1n) is 16.3. The van der Waals surface area contributed by atoms with E-state index in [2.05, 4.69) is 5.32 Å². The first-order valence-corrected chi connectivity index (χ1v) is 17.7. The molecule has 4 N–H and O–H groups in total. The number of carbonyl (C=O) groups is 2. The molecule has 0 aromatic heterocycles. The van der Waals surface area contributed by atoms with Gasteiger partial charge in [0, 0.05) is 32.2 Å². The van der Waals surface area contributed by atoms with E-state index in [4.69, 9.17) is 23.7 Å². The van der Waals surface area contributed by atoms with E-state index in [0.29, 0.717) is 18.8 Å². The second kappa shape index (κ2) is 15.9. The number of nitrogens with zero attached hydrogens (tertiary/aromatic N) is 2. The zero-order valence-electron chi connectivity index (χ0n) is 27.6. The Kier molecular flexibility index (Phi) is 11.9. The van der Waals surface area contributed by atoms with Gasteiger partial charge in [-0.3, -0.25) is 0 Å². The van der Waals surface area contributed by atoms with Crippen LogP contribution in [0.5, 0.6) is 11.5 Å². The monoisotopic (exact) mass is 707 g/mol. The molecule has 0 saturated carbocycles. The standard InChI is InChI=1S/C33H45N3O12S/c1-33(2,11-12-35(13-14-37)32(40)41)20-36(49(42,43)23-8-9-27-28(17-23)47-21-46-27)18-26(38)25(16-22-6-4-3-5-7-22)34-31(39)48-29-19-45-30-24(29)10-15-44-30/h3-9,17,24-26,29-30,37-38H,10-16,18-21H2,1-2H3,(H,34,39)(H,40,41)/t24-,25-,26+,29-,30+/m0/s1. The Morgan fingerprint density at radius 1 is 1.08 bits per heavy atom. The highest BCUT2D eigenvalue weighted by Crippen LogP contribution is 2.36. The van der Waals surface area contributed by atoms with E-state index in [9.17, 15) is 33.3 Å². The predicted octanol–water partition coefficient (Wildman–Crippen LogP) is 2.25. The minimum absolute atomic E-state index is 0.0468. The van der Waals surface area contributed by atoms with Gasteiger partial charge in [-0.2, -0.15) is 4.31 Å². The number of sulfonamides is 1. The molecule has 0 bridgehead atoms. The smallest absolute Gasteiger partial charge is 0.407 e. The van der Waals surface area contributed by atoms with Gasteiger partial charge < -0.3 is 49.2 Å². The Morgan fingerprint density at radius 3 is 2.57 bits per heavy atom.